The van der Waals surface area contributed by atoms with Gasteiger partial charge in [-0.25, -0.2) is 4.79 Å². The van der Waals surface area contributed by atoms with Crippen molar-refractivity contribution in [3.8, 4) is 0 Å². The predicted octanol–water partition coefficient (Wildman–Crippen LogP) is 1.24. The Hall–Kier alpha value is -2.23. The third-order valence-electron chi connectivity index (χ3n) is 5.78. The van der Waals surface area contributed by atoms with Gasteiger partial charge in [-0.1, -0.05) is 0 Å². The number of Topliss-reactive ketones (excluding diaryl/α,β-unsaturated/α-hetero) is 1. The third kappa shape index (κ3) is 5.27. The molecule has 0 spiro atoms. The van der Waals surface area contributed by atoms with Crippen LogP contribution in [0.3, 0.4) is 0 Å². The summed E-state index contributed by atoms with van der Waals surface area (Å²) in [5.74, 6) is -1.65. The Bertz CT molecular complexity index is 744. The van der Waals surface area contributed by atoms with Crippen LogP contribution in [-0.2, 0) is 33.6 Å². The maximum Gasteiger partial charge on any atom is 0.336 e. The average molecular weight is 439 g/mol. The molecular formula is C20H26N2O7S. The number of rotatable bonds is 8. The summed E-state index contributed by atoms with van der Waals surface area (Å²) in [6.07, 6.45) is 3.02. The van der Waals surface area contributed by atoms with Crippen molar-refractivity contribution in [1.29, 1.82) is 0 Å². The van der Waals surface area contributed by atoms with Gasteiger partial charge in [-0.3, -0.25) is 28.9 Å². The highest BCUT2D eigenvalue weighted by molar-refractivity contribution is 8.00. The molecule has 1 saturated carbocycles. The highest BCUT2D eigenvalue weighted by atomic mass is 32.2. The summed E-state index contributed by atoms with van der Waals surface area (Å²) >= 11 is 1.36. The van der Waals surface area contributed by atoms with Gasteiger partial charge < -0.3 is 4.84 Å². The molecular weight excluding hydrogens is 412 g/mol. The van der Waals surface area contributed by atoms with Crippen molar-refractivity contribution in [3.05, 3.63) is 0 Å². The molecule has 164 valence electrons. The van der Waals surface area contributed by atoms with Crippen LogP contribution in [0.1, 0.15) is 58.3 Å². The van der Waals surface area contributed by atoms with E-state index in [0.29, 0.717) is 49.5 Å². The van der Waals surface area contributed by atoms with Gasteiger partial charge >= 0.3 is 5.97 Å². The number of carbonyl (C=O) groups excluding carboxylic acids is 6. The van der Waals surface area contributed by atoms with Crippen LogP contribution in [0.4, 0.5) is 0 Å². The molecule has 3 aliphatic rings. The van der Waals surface area contributed by atoms with E-state index >= 15 is 0 Å². The Labute approximate surface area is 178 Å². The van der Waals surface area contributed by atoms with E-state index < -0.39 is 29.0 Å². The molecule has 4 amide bonds. The summed E-state index contributed by atoms with van der Waals surface area (Å²) in [4.78, 5) is 77.6. The van der Waals surface area contributed by atoms with Gasteiger partial charge in [0.2, 0.25) is 11.8 Å². The largest absolute Gasteiger partial charge is 0.336 e. The Morgan fingerprint density at radius 2 is 1.63 bits per heavy atom. The van der Waals surface area contributed by atoms with Crippen molar-refractivity contribution in [1.82, 2.24) is 9.96 Å². The Morgan fingerprint density at radius 3 is 2.23 bits per heavy atom. The molecule has 1 atom stereocenters. The molecule has 3 rings (SSSR count). The number of amides is 4. The molecule has 10 heteroatoms. The topological polar surface area (TPSA) is 118 Å². The van der Waals surface area contributed by atoms with Gasteiger partial charge in [-0.05, 0) is 38.5 Å². The molecule has 1 aliphatic carbocycles. The van der Waals surface area contributed by atoms with Gasteiger partial charge in [0.15, 0.2) is 0 Å². The summed E-state index contributed by atoms with van der Waals surface area (Å²) in [6.45, 7) is 1.84. The predicted molar refractivity (Wildman–Crippen MR) is 106 cm³/mol. The fourth-order valence-electron chi connectivity index (χ4n) is 3.98. The number of hydroxylamine groups is 2. The number of hydrogen-bond acceptors (Lipinski definition) is 8. The average Bonchev–Trinajstić information content (AvgIpc) is 3.16. The highest BCUT2D eigenvalue weighted by Gasteiger charge is 2.41. The van der Waals surface area contributed by atoms with Gasteiger partial charge in [0.25, 0.3) is 11.8 Å². The second kappa shape index (κ2) is 9.72. The van der Waals surface area contributed by atoms with E-state index in [0.717, 1.165) is 0 Å². The lowest BCUT2D eigenvalue weighted by molar-refractivity contribution is -0.201. The van der Waals surface area contributed by atoms with Crippen molar-refractivity contribution < 1.29 is 33.6 Å². The van der Waals surface area contributed by atoms with Crippen molar-refractivity contribution in [2.75, 3.05) is 12.3 Å². The molecule has 2 heterocycles. The van der Waals surface area contributed by atoms with Crippen LogP contribution in [0.2, 0.25) is 0 Å². The number of hydrogen-bond donors (Lipinski definition) is 0. The first-order chi connectivity index (χ1) is 14.3. The lowest BCUT2D eigenvalue weighted by Gasteiger charge is -2.30. The zero-order chi connectivity index (χ0) is 21.8. The zero-order valence-corrected chi connectivity index (χ0v) is 17.8. The second-order valence-electron chi connectivity index (χ2n) is 8.07. The molecule has 2 aliphatic heterocycles. The number of ketones is 1. The molecule has 0 aromatic heterocycles. The van der Waals surface area contributed by atoms with E-state index in [1.165, 1.54) is 23.6 Å². The van der Waals surface area contributed by atoms with Crippen LogP contribution in [0, 0.1) is 11.8 Å². The van der Waals surface area contributed by atoms with Gasteiger partial charge in [0, 0.05) is 38.0 Å². The lowest BCUT2D eigenvalue weighted by atomic mass is 9.82. The summed E-state index contributed by atoms with van der Waals surface area (Å²) in [6, 6.07) is 0. The highest BCUT2D eigenvalue weighted by Crippen LogP contribution is 2.33. The summed E-state index contributed by atoms with van der Waals surface area (Å²) in [7, 11) is 0. The molecule has 0 radical (unpaired) electrons. The standard InChI is InChI=1S/C20H26N2O7S/c1-12(23)8-9-30-15-10-18(26)21(19(15)27)11-13-2-4-14(5-3-13)20(28)29-22-16(24)6-7-17(22)25/h13-15H,2-11H2,1H3/t13-,14-,15-/m1/s1. The Morgan fingerprint density at radius 1 is 1.00 bits per heavy atom. The van der Waals surface area contributed by atoms with Crippen molar-refractivity contribution >= 4 is 47.1 Å². The monoisotopic (exact) mass is 438 g/mol. The van der Waals surface area contributed by atoms with Crippen molar-refractivity contribution in [3.63, 3.8) is 0 Å². The molecule has 0 N–H and O–H groups in total. The van der Waals surface area contributed by atoms with Gasteiger partial charge in [-0.15, -0.1) is 16.8 Å². The minimum atomic E-state index is -0.577. The van der Waals surface area contributed by atoms with Crippen LogP contribution in [0.25, 0.3) is 0 Å². The maximum absolute atomic E-state index is 12.5. The number of nitrogens with zero attached hydrogens (tertiary/aromatic N) is 2. The van der Waals surface area contributed by atoms with Crippen molar-refractivity contribution in [2.24, 2.45) is 11.8 Å². The van der Waals surface area contributed by atoms with E-state index in [1.54, 1.807) is 0 Å². The normalized spacial score (nSPS) is 27.2. The fraction of sp³-hybridized carbons (Fsp3) is 0.700. The van der Waals surface area contributed by atoms with E-state index in [2.05, 4.69) is 0 Å². The first-order valence-corrected chi connectivity index (χ1v) is 11.3. The van der Waals surface area contributed by atoms with Gasteiger partial charge in [0.1, 0.15) is 5.78 Å². The van der Waals surface area contributed by atoms with Crippen LogP contribution in [0.15, 0.2) is 0 Å². The molecule has 9 nitrogen and oxygen atoms in total. The summed E-state index contributed by atoms with van der Waals surface area (Å²) < 4.78 is 0. The number of imide groups is 2. The fourth-order valence-corrected chi connectivity index (χ4v) is 5.20. The van der Waals surface area contributed by atoms with Gasteiger partial charge in [-0.2, -0.15) is 0 Å². The van der Waals surface area contributed by atoms with E-state index in [9.17, 15) is 28.8 Å². The first-order valence-electron chi connectivity index (χ1n) is 10.3. The van der Waals surface area contributed by atoms with E-state index in [4.69, 9.17) is 4.84 Å². The Balaban J connectivity index is 1.44. The SMILES string of the molecule is CC(=O)CCS[C@@H]1CC(=O)N(C[C@H]2CC[C@H](C(=O)ON3C(=O)CCC3=O)CC2)C1=O. The number of likely N-dealkylation sites (tertiary alicyclic amines) is 1. The molecule has 3 fully saturated rings. The van der Waals surface area contributed by atoms with E-state index in [-0.39, 0.29) is 42.8 Å². The molecule has 0 bridgehead atoms. The Kier molecular flexibility index (Phi) is 7.27. The van der Waals surface area contributed by atoms with Crippen LogP contribution >= 0.6 is 11.8 Å². The molecule has 0 unspecified atom stereocenters. The van der Waals surface area contributed by atoms with Crippen molar-refractivity contribution in [2.45, 2.75) is 63.5 Å². The quantitative estimate of drug-likeness (QED) is 0.520. The van der Waals surface area contributed by atoms with E-state index in [1.807, 2.05) is 0 Å². The molecule has 0 aromatic carbocycles. The zero-order valence-electron chi connectivity index (χ0n) is 17.0. The third-order valence-corrected chi connectivity index (χ3v) is 6.99. The minimum absolute atomic E-state index is 0.0601. The second-order valence-corrected chi connectivity index (χ2v) is 9.38. The maximum atomic E-state index is 12.5. The smallest absolute Gasteiger partial charge is 0.330 e. The first kappa shape index (κ1) is 22.5. The summed E-state index contributed by atoms with van der Waals surface area (Å²) in [5, 5.41) is 0.151. The lowest BCUT2D eigenvalue weighted by Crippen LogP contribution is -2.39. The van der Waals surface area contributed by atoms with Crippen LogP contribution in [0.5, 0.6) is 0 Å². The minimum Gasteiger partial charge on any atom is -0.330 e. The number of carbonyl (C=O) groups is 6. The molecule has 0 aromatic rings. The van der Waals surface area contributed by atoms with Gasteiger partial charge in [0.05, 0.1) is 11.2 Å². The number of thioether (sulfide) groups is 1. The van der Waals surface area contributed by atoms with Crippen LogP contribution < -0.4 is 0 Å². The summed E-state index contributed by atoms with van der Waals surface area (Å²) in [5.41, 5.74) is 0. The molecule has 30 heavy (non-hydrogen) atoms. The molecule has 2 saturated heterocycles. The van der Waals surface area contributed by atoms with Crippen LogP contribution in [-0.4, -0.2) is 62.9 Å².